The second-order valence-corrected chi connectivity index (χ2v) is 4.09. The van der Waals surface area contributed by atoms with Gasteiger partial charge in [-0.3, -0.25) is 0 Å². The number of piperazine rings is 1. The highest BCUT2D eigenvalue weighted by Crippen LogP contribution is 2.37. The van der Waals surface area contributed by atoms with Gasteiger partial charge in [0.15, 0.2) is 6.79 Å². The minimum Gasteiger partial charge on any atom is -0.314 e. The lowest BCUT2D eigenvalue weighted by Gasteiger charge is -2.50. The lowest BCUT2D eigenvalue weighted by molar-refractivity contribution is -0.468. The first kappa shape index (κ1) is 10.2. The van der Waals surface area contributed by atoms with Crippen molar-refractivity contribution in [3.05, 3.63) is 35.9 Å². The molecule has 1 N–H and O–H groups in total. The molecule has 2 heterocycles. The Morgan fingerprint density at radius 2 is 1.75 bits per heavy atom. The van der Waals surface area contributed by atoms with Crippen LogP contribution in [0.4, 0.5) is 0 Å². The van der Waals surface area contributed by atoms with Crippen LogP contribution in [0.2, 0.25) is 0 Å². The summed E-state index contributed by atoms with van der Waals surface area (Å²) in [5.41, 5.74) is 1.09. The van der Waals surface area contributed by atoms with E-state index in [9.17, 15) is 0 Å². The van der Waals surface area contributed by atoms with E-state index >= 15 is 0 Å². The van der Waals surface area contributed by atoms with Crippen LogP contribution in [0.5, 0.6) is 0 Å². The van der Waals surface area contributed by atoms with Crippen LogP contribution >= 0.6 is 0 Å². The lowest BCUT2D eigenvalue weighted by atomic mass is 10.1. The first-order valence-corrected chi connectivity index (χ1v) is 5.71. The molecule has 0 atom stereocenters. The Labute approximate surface area is 95.1 Å². The van der Waals surface area contributed by atoms with Crippen molar-refractivity contribution in [3.8, 4) is 0 Å². The summed E-state index contributed by atoms with van der Waals surface area (Å²) < 4.78 is 11.4. The van der Waals surface area contributed by atoms with Gasteiger partial charge in [0.25, 0.3) is 5.91 Å². The van der Waals surface area contributed by atoms with Crippen LogP contribution in [0.3, 0.4) is 0 Å². The van der Waals surface area contributed by atoms with E-state index in [2.05, 4.69) is 22.3 Å². The molecule has 1 aromatic rings. The van der Waals surface area contributed by atoms with Crippen LogP contribution in [0.1, 0.15) is 5.56 Å². The molecule has 4 nitrogen and oxygen atoms in total. The van der Waals surface area contributed by atoms with Crippen molar-refractivity contribution in [2.75, 3.05) is 33.0 Å². The van der Waals surface area contributed by atoms with Gasteiger partial charge in [0.05, 0.1) is 0 Å². The predicted molar refractivity (Wildman–Crippen MR) is 59.6 cm³/mol. The molecule has 0 amide bonds. The molecule has 16 heavy (non-hydrogen) atoms. The van der Waals surface area contributed by atoms with E-state index in [1.54, 1.807) is 0 Å². The molecular formula is C12H16N2O2. The number of rotatable bonds is 2. The van der Waals surface area contributed by atoms with Gasteiger partial charge in [0, 0.05) is 31.7 Å². The van der Waals surface area contributed by atoms with Gasteiger partial charge < -0.3 is 14.8 Å². The third kappa shape index (κ3) is 1.55. The maximum atomic E-state index is 5.72. The molecular weight excluding hydrogens is 204 g/mol. The van der Waals surface area contributed by atoms with E-state index in [1.165, 1.54) is 0 Å². The Morgan fingerprint density at radius 1 is 1.06 bits per heavy atom. The van der Waals surface area contributed by atoms with Gasteiger partial charge in [-0.25, -0.2) is 4.90 Å². The average Bonchev–Trinajstić information content (AvgIpc) is 2.31. The third-order valence-electron chi connectivity index (χ3n) is 3.18. The fourth-order valence-corrected chi connectivity index (χ4v) is 2.31. The Balaban J connectivity index is 1.87. The molecule has 86 valence electrons. The highest BCUT2D eigenvalue weighted by atomic mass is 16.9. The second kappa shape index (κ2) is 4.14. The zero-order valence-electron chi connectivity index (χ0n) is 9.19. The minimum absolute atomic E-state index is 0.388. The van der Waals surface area contributed by atoms with Crippen molar-refractivity contribution < 1.29 is 9.47 Å². The van der Waals surface area contributed by atoms with Crippen molar-refractivity contribution in [3.63, 3.8) is 0 Å². The third-order valence-corrected chi connectivity index (χ3v) is 3.18. The zero-order chi connectivity index (χ0) is 10.8. The summed E-state index contributed by atoms with van der Waals surface area (Å²) in [6, 6.07) is 10.2. The van der Waals surface area contributed by atoms with Crippen LogP contribution in [-0.2, 0) is 15.4 Å². The first-order chi connectivity index (χ1) is 7.92. The van der Waals surface area contributed by atoms with Gasteiger partial charge in [-0.05, 0) is 0 Å². The SMILES string of the molecule is c1ccc(C2(N3CCNCC3)OCO2)cc1. The van der Waals surface area contributed by atoms with E-state index < -0.39 is 5.91 Å². The summed E-state index contributed by atoms with van der Waals surface area (Å²) in [6.45, 7) is 4.27. The molecule has 2 aliphatic rings. The molecule has 2 fully saturated rings. The molecule has 1 aromatic carbocycles. The highest BCUT2D eigenvalue weighted by Gasteiger charge is 2.47. The van der Waals surface area contributed by atoms with Gasteiger partial charge in [-0.1, -0.05) is 30.3 Å². The Bertz CT molecular complexity index is 345. The fourth-order valence-electron chi connectivity index (χ4n) is 2.31. The van der Waals surface area contributed by atoms with Crippen molar-refractivity contribution in [2.45, 2.75) is 5.91 Å². The number of hydrogen-bond acceptors (Lipinski definition) is 4. The van der Waals surface area contributed by atoms with E-state index in [0.29, 0.717) is 6.79 Å². The monoisotopic (exact) mass is 220 g/mol. The van der Waals surface area contributed by atoms with Crippen molar-refractivity contribution >= 4 is 0 Å². The zero-order valence-corrected chi connectivity index (χ0v) is 9.19. The Morgan fingerprint density at radius 3 is 2.31 bits per heavy atom. The van der Waals surface area contributed by atoms with Crippen LogP contribution in [0, 0.1) is 0 Å². The highest BCUT2D eigenvalue weighted by molar-refractivity contribution is 5.21. The molecule has 0 aromatic heterocycles. The smallest absolute Gasteiger partial charge is 0.262 e. The van der Waals surface area contributed by atoms with Crippen molar-refractivity contribution in [1.29, 1.82) is 0 Å². The topological polar surface area (TPSA) is 33.7 Å². The number of ether oxygens (including phenoxy) is 2. The van der Waals surface area contributed by atoms with Crippen LogP contribution in [-0.4, -0.2) is 37.9 Å². The van der Waals surface area contributed by atoms with Gasteiger partial charge >= 0.3 is 0 Å². The summed E-state index contributed by atoms with van der Waals surface area (Å²) in [6.07, 6.45) is 0. The molecule has 2 saturated heterocycles. The molecule has 0 radical (unpaired) electrons. The second-order valence-electron chi connectivity index (χ2n) is 4.09. The average molecular weight is 220 g/mol. The van der Waals surface area contributed by atoms with E-state index in [4.69, 9.17) is 9.47 Å². The molecule has 0 aliphatic carbocycles. The van der Waals surface area contributed by atoms with E-state index in [0.717, 1.165) is 31.7 Å². The molecule has 0 saturated carbocycles. The molecule has 0 bridgehead atoms. The number of hydrogen-bond donors (Lipinski definition) is 1. The number of benzene rings is 1. The molecule has 4 heteroatoms. The molecule has 3 rings (SSSR count). The predicted octanol–water partition coefficient (Wildman–Crippen LogP) is 0.706. The van der Waals surface area contributed by atoms with Gasteiger partial charge in [0.1, 0.15) is 0 Å². The maximum absolute atomic E-state index is 5.72. The van der Waals surface area contributed by atoms with Gasteiger partial charge in [-0.2, -0.15) is 0 Å². The molecule has 0 unspecified atom stereocenters. The van der Waals surface area contributed by atoms with E-state index in [-0.39, 0.29) is 0 Å². The summed E-state index contributed by atoms with van der Waals surface area (Å²) in [4.78, 5) is 2.25. The van der Waals surface area contributed by atoms with E-state index in [1.807, 2.05) is 18.2 Å². The minimum atomic E-state index is -0.622. The summed E-state index contributed by atoms with van der Waals surface area (Å²) >= 11 is 0. The van der Waals surface area contributed by atoms with Crippen molar-refractivity contribution in [2.24, 2.45) is 0 Å². The lowest BCUT2D eigenvalue weighted by Crippen LogP contribution is -2.61. The van der Waals surface area contributed by atoms with Gasteiger partial charge in [-0.15, -0.1) is 0 Å². The normalized spacial score (nSPS) is 25.0. The Kier molecular flexibility index (Phi) is 2.65. The fraction of sp³-hybridized carbons (Fsp3) is 0.500. The standard InChI is InChI=1S/C12H16N2O2/c1-2-4-11(5-3-1)12(15-10-16-12)14-8-6-13-7-9-14/h1-5,13H,6-10H2. The molecule has 2 aliphatic heterocycles. The van der Waals surface area contributed by atoms with Crippen molar-refractivity contribution in [1.82, 2.24) is 10.2 Å². The quantitative estimate of drug-likeness (QED) is 0.795. The van der Waals surface area contributed by atoms with Crippen LogP contribution in [0.25, 0.3) is 0 Å². The van der Waals surface area contributed by atoms with Gasteiger partial charge in [0.2, 0.25) is 0 Å². The Hall–Kier alpha value is -0.940. The largest absolute Gasteiger partial charge is 0.314 e. The summed E-state index contributed by atoms with van der Waals surface area (Å²) in [5, 5.41) is 3.33. The molecule has 0 spiro atoms. The maximum Gasteiger partial charge on any atom is 0.262 e. The van der Waals surface area contributed by atoms with Crippen LogP contribution < -0.4 is 5.32 Å². The summed E-state index contributed by atoms with van der Waals surface area (Å²) in [5.74, 6) is -0.622. The van der Waals surface area contributed by atoms with Crippen LogP contribution in [0.15, 0.2) is 30.3 Å². The summed E-state index contributed by atoms with van der Waals surface area (Å²) in [7, 11) is 0. The first-order valence-electron chi connectivity index (χ1n) is 5.71. The number of nitrogens with one attached hydrogen (secondary N) is 1. The number of nitrogens with zero attached hydrogens (tertiary/aromatic N) is 1.